The predicted molar refractivity (Wildman–Crippen MR) is 135 cm³/mol. The van der Waals surface area contributed by atoms with Crippen LogP contribution in [0.5, 0.6) is 0 Å². The van der Waals surface area contributed by atoms with Gasteiger partial charge in [0.1, 0.15) is 11.9 Å². The van der Waals surface area contributed by atoms with Gasteiger partial charge in [0.15, 0.2) is 11.5 Å². The highest BCUT2D eigenvalue weighted by molar-refractivity contribution is 6.31. The molecule has 5 rings (SSSR count). The number of rotatable bonds is 6. The Morgan fingerprint density at radius 2 is 1.85 bits per heavy atom. The van der Waals surface area contributed by atoms with Gasteiger partial charge in [0.2, 0.25) is 0 Å². The number of aromatic nitrogens is 2. The van der Waals surface area contributed by atoms with Crippen molar-refractivity contribution in [1.82, 2.24) is 14.5 Å². The van der Waals surface area contributed by atoms with E-state index in [2.05, 4.69) is 6.92 Å². The minimum atomic E-state index is -0.354. The number of benzene rings is 2. The monoisotopic (exact) mass is 496 g/mol. The highest BCUT2D eigenvalue weighted by Crippen LogP contribution is 2.37. The lowest BCUT2D eigenvalue weighted by Gasteiger charge is -2.25. The summed E-state index contributed by atoms with van der Waals surface area (Å²) < 4.78 is 1.93. The summed E-state index contributed by atoms with van der Waals surface area (Å²) in [6, 6.07) is 14.7. The van der Waals surface area contributed by atoms with Crippen molar-refractivity contribution in [3.8, 4) is 11.4 Å². The lowest BCUT2D eigenvalue weighted by Crippen LogP contribution is -2.46. The van der Waals surface area contributed by atoms with Crippen LogP contribution in [0.3, 0.4) is 0 Å². The van der Waals surface area contributed by atoms with Crippen LogP contribution in [0.2, 0.25) is 10.0 Å². The van der Waals surface area contributed by atoms with Crippen LogP contribution in [0.4, 0.5) is 5.82 Å². The molecular weight excluding hydrogens is 471 g/mol. The van der Waals surface area contributed by atoms with Crippen molar-refractivity contribution in [1.29, 1.82) is 0 Å². The molecule has 0 radical (unpaired) electrons. The van der Waals surface area contributed by atoms with E-state index < -0.39 is 0 Å². The number of halogens is 2. The van der Waals surface area contributed by atoms with Gasteiger partial charge in [0, 0.05) is 35.2 Å². The molecule has 34 heavy (non-hydrogen) atoms. The van der Waals surface area contributed by atoms with Gasteiger partial charge in [-0.05, 0) is 49.1 Å². The van der Waals surface area contributed by atoms with Gasteiger partial charge >= 0.3 is 0 Å². The summed E-state index contributed by atoms with van der Waals surface area (Å²) in [5.41, 5.74) is 2.26. The fourth-order valence-electron chi connectivity index (χ4n) is 4.84. The van der Waals surface area contributed by atoms with Crippen LogP contribution >= 0.6 is 23.2 Å². The van der Waals surface area contributed by atoms with Crippen LogP contribution in [0.15, 0.2) is 48.5 Å². The van der Waals surface area contributed by atoms with Gasteiger partial charge < -0.3 is 9.47 Å². The number of anilines is 1. The van der Waals surface area contributed by atoms with E-state index in [1.54, 1.807) is 0 Å². The maximum Gasteiger partial charge on any atom is 0.281 e. The molecule has 3 aromatic rings. The summed E-state index contributed by atoms with van der Waals surface area (Å²) in [7, 11) is 0. The van der Waals surface area contributed by atoms with Gasteiger partial charge in [-0.2, -0.15) is 0 Å². The number of imidazole rings is 1. The molecule has 8 heteroatoms. The summed E-state index contributed by atoms with van der Waals surface area (Å²) >= 11 is 12.4. The normalized spacial score (nSPS) is 17.7. The van der Waals surface area contributed by atoms with Crippen LogP contribution in [-0.4, -0.2) is 45.4 Å². The van der Waals surface area contributed by atoms with Crippen molar-refractivity contribution in [2.45, 2.75) is 45.2 Å². The first kappa shape index (κ1) is 22.9. The molecule has 0 bridgehead atoms. The second-order valence-electron chi connectivity index (χ2n) is 8.83. The lowest BCUT2D eigenvalue weighted by molar-refractivity contribution is -0.129. The molecule has 2 aromatic carbocycles. The molecule has 0 N–H and O–H groups in total. The molecule has 2 aliphatic rings. The SMILES string of the molecule is CCCCN1C(=O)c2c(nc(-c3cccc(Cl)c3)n2Cc2ccc(Cl)cc2)N2CCCC2C1=O. The van der Waals surface area contributed by atoms with Gasteiger partial charge in [0.25, 0.3) is 11.8 Å². The summed E-state index contributed by atoms with van der Waals surface area (Å²) in [6.45, 7) is 3.59. The summed E-state index contributed by atoms with van der Waals surface area (Å²) in [5, 5.41) is 1.24. The van der Waals surface area contributed by atoms with Crippen LogP contribution in [-0.2, 0) is 11.3 Å². The highest BCUT2D eigenvalue weighted by Gasteiger charge is 2.44. The van der Waals surface area contributed by atoms with Gasteiger partial charge in [-0.1, -0.05) is 60.8 Å². The molecule has 6 nitrogen and oxygen atoms in total. The molecular formula is C26H26Cl2N4O2. The first-order chi connectivity index (χ1) is 16.5. The Morgan fingerprint density at radius 1 is 1.06 bits per heavy atom. The minimum absolute atomic E-state index is 0.115. The largest absolute Gasteiger partial charge is 0.343 e. The van der Waals surface area contributed by atoms with E-state index in [4.69, 9.17) is 28.2 Å². The third-order valence-corrected chi connectivity index (χ3v) is 7.03. The molecule has 1 aromatic heterocycles. The lowest BCUT2D eigenvalue weighted by atomic mass is 10.1. The molecule has 2 amide bonds. The Kier molecular flexibility index (Phi) is 6.36. The second-order valence-corrected chi connectivity index (χ2v) is 9.70. The van der Waals surface area contributed by atoms with Crippen LogP contribution < -0.4 is 4.90 Å². The number of fused-ring (bicyclic) bond motifs is 3. The van der Waals surface area contributed by atoms with E-state index >= 15 is 0 Å². The van der Waals surface area contributed by atoms with E-state index in [-0.39, 0.29) is 17.9 Å². The van der Waals surface area contributed by atoms with Crippen molar-refractivity contribution in [3.63, 3.8) is 0 Å². The average Bonchev–Trinajstić information content (AvgIpc) is 3.43. The first-order valence-corrected chi connectivity index (χ1v) is 12.5. The maximum atomic E-state index is 13.9. The molecule has 1 fully saturated rings. The Bertz CT molecular complexity index is 1240. The van der Waals surface area contributed by atoms with E-state index in [0.29, 0.717) is 47.0 Å². The van der Waals surface area contributed by atoms with Gasteiger partial charge in [-0.25, -0.2) is 4.98 Å². The number of carbonyl (C=O) groups is 2. The summed E-state index contributed by atoms with van der Waals surface area (Å²) in [6.07, 6.45) is 3.29. The van der Waals surface area contributed by atoms with Crippen LogP contribution in [0.25, 0.3) is 11.4 Å². The Hall–Kier alpha value is -2.83. The Labute approximate surface area is 209 Å². The maximum absolute atomic E-state index is 13.9. The quantitative estimate of drug-likeness (QED) is 0.413. The molecule has 1 saturated heterocycles. The number of imide groups is 1. The number of hydrogen-bond donors (Lipinski definition) is 0. The first-order valence-electron chi connectivity index (χ1n) is 11.7. The van der Waals surface area contributed by atoms with Crippen molar-refractivity contribution in [2.24, 2.45) is 0 Å². The standard InChI is InChI=1S/C26H26Cl2N4O2/c1-2-3-13-31-25(33)21-8-5-14-30(21)24-22(26(31)34)32(16-17-9-11-19(27)12-10-17)23(29-24)18-6-4-7-20(28)15-18/h4,6-7,9-12,15,21H,2-3,5,8,13-14,16H2,1H3. The Morgan fingerprint density at radius 3 is 2.59 bits per heavy atom. The zero-order valence-corrected chi connectivity index (χ0v) is 20.5. The summed E-state index contributed by atoms with van der Waals surface area (Å²) in [4.78, 5) is 35.8. The fraction of sp³-hybridized carbons (Fsp3) is 0.346. The number of unbranched alkanes of at least 4 members (excludes halogenated alkanes) is 1. The number of nitrogens with zero attached hydrogens (tertiary/aromatic N) is 4. The van der Waals surface area contributed by atoms with E-state index in [1.165, 1.54) is 4.90 Å². The molecule has 176 valence electrons. The van der Waals surface area contributed by atoms with Crippen LogP contribution in [0.1, 0.15) is 48.7 Å². The highest BCUT2D eigenvalue weighted by atomic mass is 35.5. The van der Waals surface area contributed by atoms with Crippen molar-refractivity contribution >= 4 is 40.8 Å². The van der Waals surface area contributed by atoms with Gasteiger partial charge in [0.05, 0.1) is 0 Å². The molecule has 1 atom stereocenters. The third-order valence-electron chi connectivity index (χ3n) is 6.54. The van der Waals surface area contributed by atoms with E-state index in [1.807, 2.05) is 58.0 Å². The van der Waals surface area contributed by atoms with Gasteiger partial charge in [-0.15, -0.1) is 0 Å². The fourth-order valence-corrected chi connectivity index (χ4v) is 5.15. The number of hydrogen-bond acceptors (Lipinski definition) is 4. The van der Waals surface area contributed by atoms with Crippen molar-refractivity contribution < 1.29 is 9.59 Å². The second kappa shape index (κ2) is 9.43. The average molecular weight is 497 g/mol. The zero-order chi connectivity index (χ0) is 23.8. The molecule has 3 heterocycles. The van der Waals surface area contributed by atoms with Crippen molar-refractivity contribution in [3.05, 3.63) is 69.8 Å². The molecule has 0 aliphatic carbocycles. The smallest absolute Gasteiger partial charge is 0.281 e. The number of carbonyl (C=O) groups excluding carboxylic acids is 2. The molecule has 1 unspecified atom stereocenters. The van der Waals surface area contributed by atoms with Gasteiger partial charge in [-0.3, -0.25) is 14.5 Å². The topological polar surface area (TPSA) is 58.4 Å². The third kappa shape index (κ3) is 4.10. The molecule has 0 spiro atoms. The Balaban J connectivity index is 1.71. The number of amides is 2. The molecule has 2 aliphatic heterocycles. The van der Waals surface area contributed by atoms with E-state index in [0.717, 1.165) is 36.8 Å². The summed E-state index contributed by atoms with van der Waals surface area (Å²) in [5.74, 6) is 0.851. The predicted octanol–water partition coefficient (Wildman–Crippen LogP) is 5.66. The minimum Gasteiger partial charge on any atom is -0.343 e. The van der Waals surface area contributed by atoms with Crippen molar-refractivity contribution in [2.75, 3.05) is 18.0 Å². The zero-order valence-electron chi connectivity index (χ0n) is 19.0. The van der Waals surface area contributed by atoms with Crippen LogP contribution in [0, 0.1) is 0 Å². The molecule has 0 saturated carbocycles. The van der Waals surface area contributed by atoms with E-state index in [9.17, 15) is 9.59 Å².